The summed E-state index contributed by atoms with van der Waals surface area (Å²) in [6.07, 6.45) is 0.182. The van der Waals surface area contributed by atoms with E-state index in [0.717, 1.165) is 16.4 Å². The molecule has 0 unspecified atom stereocenters. The summed E-state index contributed by atoms with van der Waals surface area (Å²) in [6, 6.07) is 2.38. The van der Waals surface area contributed by atoms with Crippen LogP contribution in [0.25, 0.3) is 0 Å². The van der Waals surface area contributed by atoms with Crippen LogP contribution in [0.3, 0.4) is 0 Å². The molecule has 0 aliphatic carbocycles. The second-order valence-electron chi connectivity index (χ2n) is 4.31. The van der Waals surface area contributed by atoms with Crippen LogP contribution in [0.1, 0.15) is 12.8 Å². The number of nitrogens with zero attached hydrogens (tertiary/aromatic N) is 2. The summed E-state index contributed by atoms with van der Waals surface area (Å²) in [7, 11) is -4.08. The van der Waals surface area contributed by atoms with Gasteiger partial charge < -0.3 is 0 Å². The Hall–Kier alpha value is -1.87. The Morgan fingerprint density at radius 3 is 2.35 bits per heavy atom. The molecule has 20 heavy (non-hydrogen) atoms. The smallest absolute Gasteiger partial charge is 0.272 e. The van der Waals surface area contributed by atoms with Gasteiger partial charge in [0.05, 0.1) is 11.0 Å². The fourth-order valence-electron chi connectivity index (χ4n) is 1.93. The molecule has 0 atom stereocenters. The first-order valence-electron chi connectivity index (χ1n) is 5.78. The molecule has 0 bridgehead atoms. The maximum absolute atomic E-state index is 13.8. The lowest BCUT2D eigenvalue weighted by Gasteiger charge is -2.25. The number of piperidine rings is 1. The van der Waals surface area contributed by atoms with Crippen molar-refractivity contribution in [1.29, 1.82) is 0 Å². The van der Waals surface area contributed by atoms with Gasteiger partial charge in [0.25, 0.3) is 5.69 Å². The number of rotatable bonds is 3. The molecular formula is C11H11FN2O5S. The Labute approximate surface area is 114 Å². The predicted octanol–water partition coefficient (Wildman–Crippen LogP) is 1.09. The Balaban J connectivity index is 2.35. The van der Waals surface area contributed by atoms with Gasteiger partial charge in [-0.3, -0.25) is 14.9 Å². The van der Waals surface area contributed by atoms with Crippen LogP contribution in [0.5, 0.6) is 0 Å². The molecule has 1 aliphatic heterocycles. The number of hydrogen-bond donors (Lipinski definition) is 0. The summed E-state index contributed by atoms with van der Waals surface area (Å²) in [5, 5.41) is 10.5. The third-order valence-corrected chi connectivity index (χ3v) is 4.96. The van der Waals surface area contributed by atoms with E-state index in [1.807, 2.05) is 0 Å². The topological polar surface area (TPSA) is 97.6 Å². The van der Waals surface area contributed by atoms with E-state index >= 15 is 0 Å². The van der Waals surface area contributed by atoms with Crippen LogP contribution >= 0.6 is 0 Å². The summed E-state index contributed by atoms with van der Waals surface area (Å²) in [4.78, 5) is 20.2. The number of halogens is 1. The zero-order valence-electron chi connectivity index (χ0n) is 10.3. The fraction of sp³-hybridized carbons (Fsp3) is 0.364. The first-order valence-corrected chi connectivity index (χ1v) is 7.22. The van der Waals surface area contributed by atoms with Gasteiger partial charge in [0.1, 0.15) is 16.5 Å². The van der Waals surface area contributed by atoms with E-state index in [4.69, 9.17) is 0 Å². The summed E-state index contributed by atoms with van der Waals surface area (Å²) in [5.74, 6) is -1.21. The first-order chi connectivity index (χ1) is 9.32. The molecule has 0 radical (unpaired) electrons. The highest BCUT2D eigenvalue weighted by Crippen LogP contribution is 2.25. The molecule has 2 rings (SSSR count). The quantitative estimate of drug-likeness (QED) is 0.615. The summed E-state index contributed by atoms with van der Waals surface area (Å²) in [6.45, 7) is -0.00477. The van der Waals surface area contributed by atoms with Crippen LogP contribution in [0.2, 0.25) is 0 Å². The Bertz CT molecular complexity index is 663. The maximum Gasteiger partial charge on any atom is 0.272 e. The van der Waals surface area contributed by atoms with Gasteiger partial charge in [-0.1, -0.05) is 0 Å². The maximum atomic E-state index is 13.8. The lowest BCUT2D eigenvalue weighted by molar-refractivity contribution is -0.385. The number of carbonyl (C=O) groups excluding carboxylic acids is 1. The second-order valence-corrected chi connectivity index (χ2v) is 6.22. The highest BCUT2D eigenvalue weighted by Gasteiger charge is 2.31. The lowest BCUT2D eigenvalue weighted by Crippen LogP contribution is -2.38. The van der Waals surface area contributed by atoms with Crippen LogP contribution in [-0.4, -0.2) is 36.5 Å². The standard InChI is InChI=1S/C11H11FN2O5S/c12-10-7-8(14(16)17)1-2-11(10)20(18,19)13-5-3-9(15)4-6-13/h1-2,7H,3-6H2. The van der Waals surface area contributed by atoms with E-state index in [0.29, 0.717) is 6.07 Å². The van der Waals surface area contributed by atoms with Crippen LogP contribution in [-0.2, 0) is 14.8 Å². The highest BCUT2D eigenvalue weighted by molar-refractivity contribution is 7.89. The van der Waals surface area contributed by atoms with Gasteiger partial charge in [0.15, 0.2) is 0 Å². The van der Waals surface area contributed by atoms with E-state index < -0.39 is 31.3 Å². The van der Waals surface area contributed by atoms with Crippen molar-refractivity contribution in [1.82, 2.24) is 4.31 Å². The molecular weight excluding hydrogens is 291 g/mol. The number of nitro groups is 1. The number of nitro benzene ring substituents is 1. The average Bonchev–Trinajstić information content (AvgIpc) is 2.38. The van der Waals surface area contributed by atoms with Gasteiger partial charge in [-0.2, -0.15) is 4.31 Å². The number of carbonyl (C=O) groups is 1. The average molecular weight is 302 g/mol. The minimum Gasteiger partial charge on any atom is -0.300 e. The molecule has 1 aromatic carbocycles. The molecule has 0 saturated carbocycles. The number of hydrogen-bond acceptors (Lipinski definition) is 5. The van der Waals surface area contributed by atoms with Crippen molar-refractivity contribution in [2.75, 3.05) is 13.1 Å². The number of non-ortho nitro benzene ring substituents is 1. The van der Waals surface area contributed by atoms with Crippen molar-refractivity contribution in [2.24, 2.45) is 0 Å². The zero-order chi connectivity index (χ0) is 14.9. The molecule has 9 heteroatoms. The van der Waals surface area contributed by atoms with Gasteiger partial charge in [0, 0.05) is 32.0 Å². The molecule has 1 fully saturated rings. The molecule has 1 aromatic rings. The summed E-state index contributed by atoms with van der Waals surface area (Å²) >= 11 is 0. The van der Waals surface area contributed by atoms with Crippen LogP contribution in [0.4, 0.5) is 10.1 Å². The molecule has 0 amide bonds. The minimum absolute atomic E-state index is 0.00239. The van der Waals surface area contributed by atoms with Gasteiger partial charge in [-0.25, -0.2) is 12.8 Å². The minimum atomic E-state index is -4.08. The van der Waals surface area contributed by atoms with Crippen molar-refractivity contribution in [3.05, 3.63) is 34.1 Å². The van der Waals surface area contributed by atoms with Crippen LogP contribution in [0.15, 0.2) is 23.1 Å². The van der Waals surface area contributed by atoms with Gasteiger partial charge >= 0.3 is 0 Å². The summed E-state index contributed by atoms with van der Waals surface area (Å²) < 4.78 is 39.2. The van der Waals surface area contributed by atoms with E-state index in [-0.39, 0.29) is 31.7 Å². The highest BCUT2D eigenvalue weighted by atomic mass is 32.2. The van der Waals surface area contributed by atoms with Gasteiger partial charge in [0.2, 0.25) is 10.0 Å². The van der Waals surface area contributed by atoms with Crippen molar-refractivity contribution in [2.45, 2.75) is 17.7 Å². The van der Waals surface area contributed by atoms with Crippen molar-refractivity contribution in [3.8, 4) is 0 Å². The van der Waals surface area contributed by atoms with Gasteiger partial charge in [-0.05, 0) is 6.07 Å². The van der Waals surface area contributed by atoms with E-state index in [2.05, 4.69) is 0 Å². The second kappa shape index (κ2) is 5.25. The molecule has 1 aliphatic rings. The van der Waals surface area contributed by atoms with Crippen LogP contribution < -0.4 is 0 Å². The van der Waals surface area contributed by atoms with Crippen molar-refractivity contribution >= 4 is 21.5 Å². The van der Waals surface area contributed by atoms with E-state index in [1.54, 1.807) is 0 Å². The molecule has 108 valence electrons. The van der Waals surface area contributed by atoms with Crippen LogP contribution in [0, 0.1) is 15.9 Å². The predicted molar refractivity (Wildman–Crippen MR) is 66.1 cm³/mol. The molecule has 1 saturated heterocycles. The number of Topliss-reactive ketones (excluding diaryl/α,β-unsaturated/α-hetero) is 1. The molecule has 7 nitrogen and oxygen atoms in total. The Morgan fingerprint density at radius 1 is 1.25 bits per heavy atom. The lowest BCUT2D eigenvalue weighted by atomic mass is 10.1. The zero-order valence-corrected chi connectivity index (χ0v) is 11.1. The normalized spacial score (nSPS) is 17.1. The van der Waals surface area contributed by atoms with Gasteiger partial charge in [-0.15, -0.1) is 0 Å². The Kier molecular flexibility index (Phi) is 3.82. The number of benzene rings is 1. The van der Waals surface area contributed by atoms with E-state index in [1.165, 1.54) is 0 Å². The first kappa shape index (κ1) is 14.5. The largest absolute Gasteiger partial charge is 0.300 e. The third-order valence-electron chi connectivity index (χ3n) is 3.02. The Morgan fingerprint density at radius 2 is 1.85 bits per heavy atom. The SMILES string of the molecule is O=C1CCN(S(=O)(=O)c2ccc([N+](=O)[O-])cc2F)CC1. The van der Waals surface area contributed by atoms with E-state index in [9.17, 15) is 27.7 Å². The molecule has 1 heterocycles. The number of ketones is 1. The molecule has 0 spiro atoms. The molecule has 0 aromatic heterocycles. The fourth-order valence-corrected chi connectivity index (χ4v) is 3.41. The monoisotopic (exact) mass is 302 g/mol. The van der Waals surface area contributed by atoms with Crippen molar-refractivity contribution in [3.63, 3.8) is 0 Å². The third kappa shape index (κ3) is 2.68. The van der Waals surface area contributed by atoms with Crippen molar-refractivity contribution < 1.29 is 22.5 Å². The molecule has 0 N–H and O–H groups in total. The summed E-state index contributed by atoms with van der Waals surface area (Å²) in [5.41, 5.74) is -0.518. The number of sulfonamides is 1.